The SMILES string of the molecule is CCOC(=O)CCCCCCNC(=NC)NCCc1cccc(F)c1. The Balaban J connectivity index is 2.05. The molecule has 0 aromatic heterocycles. The summed E-state index contributed by atoms with van der Waals surface area (Å²) in [4.78, 5) is 15.4. The van der Waals surface area contributed by atoms with Crippen LogP contribution in [0.3, 0.4) is 0 Å². The second kappa shape index (κ2) is 13.2. The number of aliphatic imine (C=N–C) groups is 1. The number of esters is 1. The quantitative estimate of drug-likeness (QED) is 0.278. The van der Waals surface area contributed by atoms with E-state index < -0.39 is 0 Å². The van der Waals surface area contributed by atoms with Crippen molar-refractivity contribution in [3.05, 3.63) is 35.6 Å². The van der Waals surface area contributed by atoms with E-state index in [-0.39, 0.29) is 11.8 Å². The largest absolute Gasteiger partial charge is 0.466 e. The van der Waals surface area contributed by atoms with E-state index in [0.717, 1.165) is 50.2 Å². The smallest absolute Gasteiger partial charge is 0.305 e. The van der Waals surface area contributed by atoms with Crippen LogP contribution in [0.2, 0.25) is 0 Å². The second-order valence-electron chi connectivity index (χ2n) is 5.77. The fraction of sp³-hybridized carbons (Fsp3) is 0.579. The maximum atomic E-state index is 13.1. The van der Waals surface area contributed by atoms with Crippen LogP contribution in [0.5, 0.6) is 0 Å². The maximum Gasteiger partial charge on any atom is 0.305 e. The van der Waals surface area contributed by atoms with Crippen molar-refractivity contribution < 1.29 is 13.9 Å². The number of halogens is 1. The summed E-state index contributed by atoms with van der Waals surface area (Å²) >= 11 is 0. The summed E-state index contributed by atoms with van der Waals surface area (Å²) in [5.74, 6) is 0.439. The molecule has 0 aliphatic carbocycles. The Morgan fingerprint density at radius 3 is 2.64 bits per heavy atom. The molecule has 0 amide bonds. The molecule has 2 N–H and O–H groups in total. The molecule has 0 heterocycles. The van der Waals surface area contributed by atoms with Crippen LogP contribution in [0.1, 0.15) is 44.6 Å². The van der Waals surface area contributed by atoms with Gasteiger partial charge in [0.25, 0.3) is 0 Å². The molecule has 0 saturated carbocycles. The Morgan fingerprint density at radius 2 is 1.92 bits per heavy atom. The number of benzene rings is 1. The number of hydrogen-bond donors (Lipinski definition) is 2. The van der Waals surface area contributed by atoms with Gasteiger partial charge in [-0.3, -0.25) is 9.79 Å². The van der Waals surface area contributed by atoms with E-state index in [1.54, 1.807) is 19.2 Å². The molecule has 6 heteroatoms. The molecule has 1 aromatic rings. The van der Waals surface area contributed by atoms with Crippen molar-refractivity contribution in [1.29, 1.82) is 0 Å². The number of carbonyl (C=O) groups excluding carboxylic acids is 1. The van der Waals surface area contributed by atoms with Crippen LogP contribution >= 0.6 is 0 Å². The molecule has 0 radical (unpaired) electrons. The molecule has 0 spiro atoms. The zero-order chi connectivity index (χ0) is 18.3. The Morgan fingerprint density at radius 1 is 1.16 bits per heavy atom. The minimum Gasteiger partial charge on any atom is -0.466 e. The number of nitrogens with one attached hydrogen (secondary N) is 2. The summed E-state index contributed by atoms with van der Waals surface area (Å²) in [5.41, 5.74) is 0.963. The van der Waals surface area contributed by atoms with Gasteiger partial charge >= 0.3 is 5.97 Å². The molecule has 0 atom stereocenters. The first kappa shape index (κ1) is 20.9. The van der Waals surface area contributed by atoms with Gasteiger partial charge in [-0.1, -0.05) is 25.0 Å². The summed E-state index contributed by atoms with van der Waals surface area (Å²) in [6.07, 6.45) is 5.22. The summed E-state index contributed by atoms with van der Waals surface area (Å²) in [6, 6.07) is 6.63. The van der Waals surface area contributed by atoms with Crippen LogP contribution in [-0.4, -0.2) is 38.7 Å². The van der Waals surface area contributed by atoms with Gasteiger partial charge in [-0.25, -0.2) is 4.39 Å². The number of nitrogens with zero attached hydrogens (tertiary/aromatic N) is 1. The highest BCUT2D eigenvalue weighted by molar-refractivity contribution is 5.79. The van der Waals surface area contributed by atoms with Crippen LogP contribution in [0.4, 0.5) is 4.39 Å². The van der Waals surface area contributed by atoms with Gasteiger partial charge in [0, 0.05) is 26.6 Å². The third kappa shape index (κ3) is 10.4. The molecule has 0 aliphatic heterocycles. The van der Waals surface area contributed by atoms with Gasteiger partial charge in [-0.05, 0) is 43.9 Å². The number of rotatable bonds is 11. The first-order valence-corrected chi connectivity index (χ1v) is 9.00. The van der Waals surface area contributed by atoms with Crippen molar-refractivity contribution in [2.75, 3.05) is 26.7 Å². The van der Waals surface area contributed by atoms with E-state index in [2.05, 4.69) is 15.6 Å². The summed E-state index contributed by atoms with van der Waals surface area (Å²) in [5, 5.41) is 6.48. The molecule has 0 bridgehead atoms. The lowest BCUT2D eigenvalue weighted by Gasteiger charge is -2.12. The lowest BCUT2D eigenvalue weighted by molar-refractivity contribution is -0.143. The van der Waals surface area contributed by atoms with Crippen molar-refractivity contribution >= 4 is 11.9 Å². The molecule has 1 aromatic carbocycles. The van der Waals surface area contributed by atoms with Gasteiger partial charge in [0.2, 0.25) is 0 Å². The molecular formula is C19H30FN3O2. The first-order valence-electron chi connectivity index (χ1n) is 9.00. The summed E-state index contributed by atoms with van der Waals surface area (Å²) in [7, 11) is 1.73. The average Bonchev–Trinajstić information content (AvgIpc) is 2.59. The van der Waals surface area contributed by atoms with E-state index in [0.29, 0.717) is 19.6 Å². The zero-order valence-corrected chi connectivity index (χ0v) is 15.3. The van der Waals surface area contributed by atoms with Gasteiger partial charge in [0.1, 0.15) is 5.82 Å². The first-order chi connectivity index (χ1) is 12.2. The van der Waals surface area contributed by atoms with Gasteiger partial charge < -0.3 is 15.4 Å². The highest BCUT2D eigenvalue weighted by Gasteiger charge is 2.01. The predicted molar refractivity (Wildman–Crippen MR) is 99.2 cm³/mol. The Kier molecular flexibility index (Phi) is 11.1. The van der Waals surface area contributed by atoms with E-state index in [9.17, 15) is 9.18 Å². The molecule has 0 unspecified atom stereocenters. The fourth-order valence-corrected chi connectivity index (χ4v) is 2.43. The van der Waals surface area contributed by atoms with Crippen LogP contribution in [0.15, 0.2) is 29.3 Å². The van der Waals surface area contributed by atoms with Gasteiger partial charge in [0.05, 0.1) is 6.61 Å². The Labute approximate surface area is 150 Å². The maximum absolute atomic E-state index is 13.1. The second-order valence-corrected chi connectivity index (χ2v) is 5.77. The van der Waals surface area contributed by atoms with E-state index in [1.807, 2.05) is 13.0 Å². The molecule has 0 saturated heterocycles. The number of unbranched alkanes of at least 4 members (excludes halogenated alkanes) is 3. The molecule has 0 fully saturated rings. The van der Waals surface area contributed by atoms with Crippen molar-refractivity contribution in [3.63, 3.8) is 0 Å². The standard InChI is InChI=1S/C19H30FN3O2/c1-3-25-18(24)11-6-4-5-7-13-22-19(21-2)23-14-12-16-9-8-10-17(20)15-16/h8-10,15H,3-7,11-14H2,1-2H3,(H2,21,22,23). The van der Waals surface area contributed by atoms with Crippen LogP contribution in [-0.2, 0) is 16.0 Å². The lowest BCUT2D eigenvalue weighted by atomic mass is 10.1. The Hall–Kier alpha value is -2.11. The van der Waals surface area contributed by atoms with Crippen LogP contribution < -0.4 is 10.6 Å². The topological polar surface area (TPSA) is 62.7 Å². The van der Waals surface area contributed by atoms with Crippen molar-refractivity contribution in [3.8, 4) is 0 Å². The Bertz CT molecular complexity index is 535. The van der Waals surface area contributed by atoms with Gasteiger partial charge in [0.15, 0.2) is 5.96 Å². The van der Waals surface area contributed by atoms with Gasteiger partial charge in [-0.15, -0.1) is 0 Å². The van der Waals surface area contributed by atoms with Crippen LogP contribution in [0, 0.1) is 5.82 Å². The van der Waals surface area contributed by atoms with Crippen molar-refractivity contribution in [1.82, 2.24) is 10.6 Å². The number of hydrogen-bond acceptors (Lipinski definition) is 3. The van der Waals surface area contributed by atoms with E-state index in [1.165, 1.54) is 6.07 Å². The van der Waals surface area contributed by atoms with Crippen molar-refractivity contribution in [2.45, 2.75) is 45.4 Å². The fourth-order valence-electron chi connectivity index (χ4n) is 2.43. The predicted octanol–water partition coefficient (Wildman–Crippen LogP) is 3.05. The highest BCUT2D eigenvalue weighted by Crippen LogP contribution is 2.04. The minimum atomic E-state index is -0.206. The lowest BCUT2D eigenvalue weighted by Crippen LogP contribution is -2.38. The van der Waals surface area contributed by atoms with Crippen molar-refractivity contribution in [2.24, 2.45) is 4.99 Å². The number of carbonyl (C=O) groups is 1. The molecular weight excluding hydrogens is 321 g/mol. The monoisotopic (exact) mass is 351 g/mol. The highest BCUT2D eigenvalue weighted by atomic mass is 19.1. The summed E-state index contributed by atoms with van der Waals surface area (Å²) < 4.78 is 18.0. The third-order valence-electron chi connectivity index (χ3n) is 3.72. The normalized spacial score (nSPS) is 11.2. The molecule has 5 nitrogen and oxygen atoms in total. The molecule has 0 aliphatic rings. The van der Waals surface area contributed by atoms with E-state index >= 15 is 0 Å². The van der Waals surface area contributed by atoms with Gasteiger partial charge in [-0.2, -0.15) is 0 Å². The molecule has 140 valence electrons. The number of ether oxygens (including phenoxy) is 1. The molecule has 1 rings (SSSR count). The zero-order valence-electron chi connectivity index (χ0n) is 15.3. The van der Waals surface area contributed by atoms with E-state index in [4.69, 9.17) is 4.74 Å². The summed E-state index contributed by atoms with van der Waals surface area (Å²) in [6.45, 7) is 3.80. The molecule has 25 heavy (non-hydrogen) atoms. The third-order valence-corrected chi connectivity index (χ3v) is 3.72. The minimum absolute atomic E-state index is 0.108. The van der Waals surface area contributed by atoms with Crippen LogP contribution in [0.25, 0.3) is 0 Å². The average molecular weight is 351 g/mol. The number of guanidine groups is 1.